The summed E-state index contributed by atoms with van der Waals surface area (Å²) in [5.74, 6) is 0.846. The number of nitrogens with zero attached hydrogens (tertiary/aromatic N) is 3. The summed E-state index contributed by atoms with van der Waals surface area (Å²) in [4.78, 5) is 7.21. The number of β-amino-alcohol motifs (C(OH)–C–C–N with tert-alkyl or cyclic N) is 1. The first-order chi connectivity index (χ1) is 12.1. The van der Waals surface area contributed by atoms with E-state index < -0.39 is 0 Å². The molecule has 0 bridgehead atoms. The van der Waals surface area contributed by atoms with Gasteiger partial charge in [0.25, 0.3) is 0 Å². The summed E-state index contributed by atoms with van der Waals surface area (Å²) >= 11 is 0. The molecule has 0 spiro atoms. The third-order valence-electron chi connectivity index (χ3n) is 5.75. The van der Waals surface area contributed by atoms with Crippen molar-refractivity contribution in [2.75, 3.05) is 51.2 Å². The van der Waals surface area contributed by atoms with Crippen LogP contribution in [-0.2, 0) is 6.54 Å². The highest BCUT2D eigenvalue weighted by atomic mass is 16.3. The Morgan fingerprint density at radius 1 is 1.12 bits per heavy atom. The van der Waals surface area contributed by atoms with Crippen molar-refractivity contribution < 1.29 is 5.11 Å². The molecule has 2 fully saturated rings. The van der Waals surface area contributed by atoms with Gasteiger partial charge in [-0.25, -0.2) is 0 Å². The van der Waals surface area contributed by atoms with Crippen LogP contribution >= 0.6 is 0 Å². The van der Waals surface area contributed by atoms with Crippen LogP contribution in [0.4, 0.5) is 5.69 Å². The van der Waals surface area contributed by atoms with E-state index in [9.17, 15) is 5.11 Å². The fourth-order valence-electron chi connectivity index (χ4n) is 4.23. The van der Waals surface area contributed by atoms with E-state index in [4.69, 9.17) is 0 Å². The lowest BCUT2D eigenvalue weighted by molar-refractivity contribution is 0.0663. The molecule has 1 aromatic rings. The summed E-state index contributed by atoms with van der Waals surface area (Å²) in [5.41, 5.74) is 2.76. The first-order valence-corrected chi connectivity index (χ1v) is 10.0. The van der Waals surface area contributed by atoms with Crippen molar-refractivity contribution in [1.82, 2.24) is 9.80 Å². The van der Waals surface area contributed by atoms with Gasteiger partial charge in [-0.1, -0.05) is 25.1 Å². The molecule has 3 rings (SSSR count). The smallest absolute Gasteiger partial charge is 0.0793 e. The predicted octanol–water partition coefficient (Wildman–Crippen LogP) is 2.81. The molecule has 2 saturated heterocycles. The van der Waals surface area contributed by atoms with Crippen molar-refractivity contribution in [1.29, 1.82) is 0 Å². The number of rotatable bonds is 7. The first-order valence-electron chi connectivity index (χ1n) is 10.0. The topological polar surface area (TPSA) is 30.0 Å². The molecule has 2 aliphatic rings. The van der Waals surface area contributed by atoms with E-state index in [1.165, 1.54) is 50.0 Å². The average Bonchev–Trinajstić information content (AvgIpc) is 3.11. The number of aliphatic hydroxyl groups is 1. The Kier molecular flexibility index (Phi) is 6.74. The fraction of sp³-hybridized carbons (Fsp3) is 0.714. The van der Waals surface area contributed by atoms with Crippen LogP contribution in [0.1, 0.15) is 38.2 Å². The van der Waals surface area contributed by atoms with Crippen LogP contribution in [0.3, 0.4) is 0 Å². The predicted molar refractivity (Wildman–Crippen MR) is 105 cm³/mol. The van der Waals surface area contributed by atoms with Gasteiger partial charge in [0, 0.05) is 38.4 Å². The molecule has 2 aliphatic heterocycles. The zero-order chi connectivity index (χ0) is 17.6. The summed E-state index contributed by atoms with van der Waals surface area (Å²) in [6, 6.07) is 8.76. The van der Waals surface area contributed by atoms with Crippen molar-refractivity contribution >= 4 is 5.69 Å². The van der Waals surface area contributed by atoms with Crippen LogP contribution in [0.25, 0.3) is 0 Å². The van der Waals surface area contributed by atoms with Crippen molar-refractivity contribution in [2.24, 2.45) is 5.92 Å². The molecule has 0 saturated carbocycles. The lowest BCUT2D eigenvalue weighted by Crippen LogP contribution is -2.42. The second-order valence-corrected chi connectivity index (χ2v) is 8.16. The van der Waals surface area contributed by atoms with Gasteiger partial charge in [-0.15, -0.1) is 0 Å². The van der Waals surface area contributed by atoms with Crippen molar-refractivity contribution in [2.45, 2.75) is 45.3 Å². The Balaban J connectivity index is 1.49. The van der Waals surface area contributed by atoms with E-state index in [2.05, 4.69) is 52.9 Å². The SMILES string of the molecule is CC1CCN(CC(O)CN(C)Cc2ccccc2N2CCCC2)CC1. The zero-order valence-corrected chi connectivity index (χ0v) is 16.0. The number of likely N-dealkylation sites (N-methyl/N-ethyl adjacent to an activating group) is 1. The Bertz CT molecular complexity index is 522. The molecule has 25 heavy (non-hydrogen) atoms. The minimum absolute atomic E-state index is 0.266. The van der Waals surface area contributed by atoms with Gasteiger partial charge in [0.15, 0.2) is 0 Å². The molecule has 0 radical (unpaired) electrons. The molecule has 1 atom stereocenters. The molecule has 1 unspecified atom stereocenters. The van der Waals surface area contributed by atoms with Gasteiger partial charge in [-0.2, -0.15) is 0 Å². The van der Waals surface area contributed by atoms with Crippen molar-refractivity contribution in [3.05, 3.63) is 29.8 Å². The lowest BCUT2D eigenvalue weighted by atomic mass is 9.99. The van der Waals surface area contributed by atoms with E-state index in [0.717, 1.165) is 38.6 Å². The number of benzene rings is 1. The molecule has 4 nitrogen and oxygen atoms in total. The van der Waals surface area contributed by atoms with Gasteiger partial charge >= 0.3 is 0 Å². The van der Waals surface area contributed by atoms with E-state index in [0.29, 0.717) is 0 Å². The summed E-state index contributed by atoms with van der Waals surface area (Å²) in [6.45, 7) is 9.41. The highest BCUT2D eigenvalue weighted by molar-refractivity contribution is 5.54. The summed E-state index contributed by atoms with van der Waals surface area (Å²) in [6.07, 6.45) is 4.88. The van der Waals surface area contributed by atoms with Crippen LogP contribution in [0.15, 0.2) is 24.3 Å². The summed E-state index contributed by atoms with van der Waals surface area (Å²) < 4.78 is 0. The van der Waals surface area contributed by atoms with Crippen LogP contribution in [0, 0.1) is 5.92 Å². The molecule has 1 aromatic carbocycles. The Labute approximate surface area is 153 Å². The Hall–Kier alpha value is -1.10. The molecule has 0 aromatic heterocycles. The number of piperidine rings is 1. The average molecular weight is 346 g/mol. The standard InChI is InChI=1S/C21H35N3O/c1-18-9-13-23(14-10-18)17-20(25)16-22(2)15-19-7-3-4-8-21(19)24-11-5-6-12-24/h3-4,7-8,18,20,25H,5-6,9-17H2,1-2H3. The first kappa shape index (κ1) is 18.7. The van der Waals surface area contributed by atoms with Gasteiger partial charge in [0.2, 0.25) is 0 Å². The van der Waals surface area contributed by atoms with Crippen molar-refractivity contribution in [3.8, 4) is 0 Å². The minimum Gasteiger partial charge on any atom is -0.390 e. The second-order valence-electron chi connectivity index (χ2n) is 8.16. The molecule has 140 valence electrons. The zero-order valence-electron chi connectivity index (χ0n) is 16.0. The summed E-state index contributed by atoms with van der Waals surface area (Å²) in [5, 5.41) is 10.5. The molecule has 1 N–H and O–H groups in total. The van der Waals surface area contributed by atoms with Gasteiger partial charge in [0.05, 0.1) is 6.10 Å². The Morgan fingerprint density at radius 2 is 1.80 bits per heavy atom. The molecule has 0 amide bonds. The number of anilines is 1. The molecule has 0 aliphatic carbocycles. The number of hydrogen-bond acceptors (Lipinski definition) is 4. The number of aliphatic hydroxyl groups excluding tert-OH is 1. The largest absolute Gasteiger partial charge is 0.390 e. The lowest BCUT2D eigenvalue weighted by Gasteiger charge is -2.32. The third kappa shape index (κ3) is 5.44. The Morgan fingerprint density at radius 3 is 2.52 bits per heavy atom. The fourth-order valence-corrected chi connectivity index (χ4v) is 4.23. The van der Waals surface area contributed by atoms with Gasteiger partial charge in [-0.3, -0.25) is 4.90 Å². The van der Waals surface area contributed by atoms with E-state index in [1.54, 1.807) is 0 Å². The van der Waals surface area contributed by atoms with E-state index >= 15 is 0 Å². The second kappa shape index (κ2) is 9.02. The van der Waals surface area contributed by atoms with Crippen LogP contribution in [0.5, 0.6) is 0 Å². The molecule has 4 heteroatoms. The minimum atomic E-state index is -0.266. The maximum atomic E-state index is 10.5. The number of likely N-dealkylation sites (tertiary alicyclic amines) is 1. The van der Waals surface area contributed by atoms with Crippen molar-refractivity contribution in [3.63, 3.8) is 0 Å². The van der Waals surface area contributed by atoms with Crippen LogP contribution in [0.2, 0.25) is 0 Å². The van der Waals surface area contributed by atoms with E-state index in [-0.39, 0.29) is 6.10 Å². The van der Waals surface area contributed by atoms with Gasteiger partial charge in [-0.05, 0) is 63.4 Å². The highest BCUT2D eigenvalue weighted by Crippen LogP contribution is 2.25. The molecule has 2 heterocycles. The molecular formula is C21H35N3O. The van der Waals surface area contributed by atoms with Gasteiger partial charge < -0.3 is 14.9 Å². The summed E-state index contributed by atoms with van der Waals surface area (Å²) in [7, 11) is 2.13. The van der Waals surface area contributed by atoms with E-state index in [1.807, 2.05) is 0 Å². The monoisotopic (exact) mass is 345 g/mol. The van der Waals surface area contributed by atoms with Crippen LogP contribution < -0.4 is 4.90 Å². The number of hydrogen-bond donors (Lipinski definition) is 1. The quantitative estimate of drug-likeness (QED) is 0.823. The van der Waals surface area contributed by atoms with Crippen LogP contribution in [-0.4, -0.2) is 67.3 Å². The highest BCUT2D eigenvalue weighted by Gasteiger charge is 2.20. The molecular weight excluding hydrogens is 310 g/mol. The van der Waals surface area contributed by atoms with Gasteiger partial charge in [0.1, 0.15) is 0 Å². The third-order valence-corrected chi connectivity index (χ3v) is 5.75. The normalized spacial score (nSPS) is 21.2. The maximum Gasteiger partial charge on any atom is 0.0793 e. The number of para-hydroxylation sites is 1. The maximum absolute atomic E-state index is 10.5.